The normalized spacial score (nSPS) is 12.3. The molecule has 0 saturated heterocycles. The molecule has 0 N–H and O–H groups in total. The predicted octanol–water partition coefficient (Wildman–Crippen LogP) is 1.91. The average molecular weight is 293 g/mol. The van der Waals surface area contributed by atoms with E-state index in [9.17, 15) is 4.57 Å². The van der Waals surface area contributed by atoms with E-state index >= 15 is 0 Å². The molecular formula is C2H6IOPY. The molecule has 0 aromatic heterocycles. The van der Waals surface area contributed by atoms with Gasteiger partial charge in [0.25, 0.3) is 0 Å². The second-order valence-electron chi connectivity index (χ2n) is 0.709. The summed E-state index contributed by atoms with van der Waals surface area (Å²) in [5.41, 5.74) is -1.15. The number of rotatable bonds is 1. The van der Waals surface area contributed by atoms with Gasteiger partial charge in [-0.25, -0.2) is 0 Å². The molecule has 1 unspecified atom stereocenters. The zero-order valence-corrected chi connectivity index (χ0v) is 9.57. The Labute approximate surface area is 76.8 Å². The van der Waals surface area contributed by atoms with Crippen LogP contribution in [0.5, 0.6) is 0 Å². The summed E-state index contributed by atoms with van der Waals surface area (Å²) in [5, 5.41) is 0. The van der Waals surface area contributed by atoms with Crippen molar-refractivity contribution in [1.29, 1.82) is 0 Å². The number of hydrogen-bond acceptors (Lipinski definition) is 1. The topological polar surface area (TPSA) is 17.1 Å². The molecule has 0 aromatic carbocycles. The Morgan fingerprint density at radius 2 is 2.00 bits per heavy atom. The van der Waals surface area contributed by atoms with Gasteiger partial charge in [-0.3, -0.25) is 0 Å². The third-order valence-corrected chi connectivity index (χ3v) is 3.12. The van der Waals surface area contributed by atoms with Crippen molar-refractivity contribution in [2.24, 2.45) is 0 Å². The molecule has 1 radical (unpaired) electrons. The fourth-order valence-electron chi connectivity index (χ4n) is 0. The van der Waals surface area contributed by atoms with E-state index in [0.29, 0.717) is 0 Å². The van der Waals surface area contributed by atoms with Crippen LogP contribution in [-0.2, 0) is 37.3 Å². The van der Waals surface area contributed by atoms with Crippen molar-refractivity contribution in [3.63, 3.8) is 0 Å². The molecule has 0 heterocycles. The van der Waals surface area contributed by atoms with Crippen LogP contribution in [0.4, 0.5) is 0 Å². The summed E-state index contributed by atoms with van der Waals surface area (Å²) in [6.07, 6.45) is 0.839. The van der Waals surface area contributed by atoms with Gasteiger partial charge in [0.15, 0.2) is 0 Å². The second kappa shape index (κ2) is 7.06. The second-order valence-corrected chi connectivity index (χ2v) is 5.74. The van der Waals surface area contributed by atoms with Crippen LogP contribution in [0.2, 0.25) is 0 Å². The van der Waals surface area contributed by atoms with Crippen LogP contribution < -0.4 is 0 Å². The molecule has 0 aliphatic heterocycles. The largest absolute Gasteiger partial charge is 0.316 e. The first-order chi connectivity index (χ1) is 2.27. The first-order valence-corrected chi connectivity index (χ1v) is 6.18. The third kappa shape index (κ3) is 9.42. The molecule has 0 aliphatic carbocycles. The zero-order chi connectivity index (χ0) is 4.28. The summed E-state index contributed by atoms with van der Waals surface area (Å²) in [6, 6.07) is 0. The van der Waals surface area contributed by atoms with Crippen molar-refractivity contribution in [3.8, 4) is 0 Å². The van der Waals surface area contributed by atoms with Gasteiger partial charge in [0.05, 0.1) is 0 Å². The van der Waals surface area contributed by atoms with Crippen molar-refractivity contribution in [3.05, 3.63) is 0 Å². The minimum absolute atomic E-state index is 0. The molecule has 1 atom stereocenters. The maximum absolute atomic E-state index is 9.98. The van der Waals surface area contributed by atoms with Gasteiger partial charge >= 0.3 is 0 Å². The summed E-state index contributed by atoms with van der Waals surface area (Å²) in [4.78, 5) is 0. The Kier molecular flexibility index (Phi) is 12.9. The van der Waals surface area contributed by atoms with Gasteiger partial charge in [0.2, 0.25) is 0 Å². The fourth-order valence-corrected chi connectivity index (χ4v) is 0. The Hall–Kier alpha value is 2.06. The monoisotopic (exact) mass is 293 g/mol. The molecule has 0 saturated carbocycles. The molecule has 6 heavy (non-hydrogen) atoms. The standard InChI is InChI=1S/C2H6IOP.Y/c1-2-5(3)4;/h5H,2H2,1H3;. The van der Waals surface area contributed by atoms with E-state index in [-0.39, 0.29) is 32.7 Å². The van der Waals surface area contributed by atoms with Crippen LogP contribution in [0, 0.1) is 0 Å². The molecule has 0 aliphatic rings. The van der Waals surface area contributed by atoms with E-state index in [2.05, 4.69) is 0 Å². The van der Waals surface area contributed by atoms with Crippen molar-refractivity contribution in [1.82, 2.24) is 0 Å². The maximum Gasteiger partial charge on any atom is 0.131 e. The average Bonchev–Trinajstić information content (AvgIpc) is 1.38. The van der Waals surface area contributed by atoms with Gasteiger partial charge in [-0.2, -0.15) is 0 Å². The van der Waals surface area contributed by atoms with Gasteiger partial charge in [-0.05, 0) is 22.0 Å². The van der Waals surface area contributed by atoms with E-state index < -0.39 is 5.44 Å². The van der Waals surface area contributed by atoms with Crippen LogP contribution >= 0.6 is 27.5 Å². The molecule has 4 heteroatoms. The van der Waals surface area contributed by atoms with Crippen molar-refractivity contribution in [2.75, 3.05) is 6.16 Å². The molecule has 0 aromatic rings. The summed E-state index contributed by atoms with van der Waals surface area (Å²) >= 11 is 1.95. The summed E-state index contributed by atoms with van der Waals surface area (Å²) in [5.74, 6) is 0. The zero-order valence-electron chi connectivity index (χ0n) is 3.57. The Morgan fingerprint density at radius 1 is 1.83 bits per heavy atom. The molecule has 0 spiro atoms. The van der Waals surface area contributed by atoms with E-state index in [1.165, 1.54) is 0 Å². The van der Waals surface area contributed by atoms with E-state index in [4.69, 9.17) is 0 Å². The molecule has 0 amide bonds. The van der Waals surface area contributed by atoms with Gasteiger partial charge in [-0.15, -0.1) is 0 Å². The molecular weight excluding hydrogens is 287 g/mol. The van der Waals surface area contributed by atoms with Gasteiger partial charge in [0, 0.05) is 38.9 Å². The van der Waals surface area contributed by atoms with Crippen molar-refractivity contribution in [2.45, 2.75) is 6.92 Å². The predicted molar refractivity (Wildman–Crippen MR) is 33.6 cm³/mol. The Balaban J connectivity index is 0. The third-order valence-electron chi connectivity index (χ3n) is 0.278. The summed E-state index contributed by atoms with van der Waals surface area (Å²) < 4.78 is 9.98. The minimum Gasteiger partial charge on any atom is -0.316 e. The first kappa shape index (κ1) is 10.9. The van der Waals surface area contributed by atoms with Gasteiger partial charge in [0.1, 0.15) is 5.44 Å². The molecule has 35 valence electrons. The van der Waals surface area contributed by atoms with Crippen LogP contribution in [0.1, 0.15) is 6.92 Å². The van der Waals surface area contributed by atoms with E-state index in [0.717, 1.165) is 6.16 Å². The summed E-state index contributed by atoms with van der Waals surface area (Å²) in [6.45, 7) is 1.92. The van der Waals surface area contributed by atoms with Gasteiger partial charge in [-0.1, -0.05) is 6.92 Å². The fraction of sp³-hybridized carbons (Fsp3) is 1.00. The van der Waals surface area contributed by atoms with Gasteiger partial charge < -0.3 is 4.57 Å². The molecule has 0 fully saturated rings. The van der Waals surface area contributed by atoms with Crippen molar-refractivity contribution < 1.29 is 37.3 Å². The molecule has 0 rings (SSSR count). The van der Waals surface area contributed by atoms with Crippen LogP contribution in [-0.4, -0.2) is 6.16 Å². The smallest absolute Gasteiger partial charge is 0.131 e. The van der Waals surface area contributed by atoms with E-state index in [1.54, 1.807) is 0 Å². The Bertz CT molecular complexity index is 48.8. The molecule has 1 nitrogen and oxygen atoms in total. The van der Waals surface area contributed by atoms with Crippen LogP contribution in [0.3, 0.4) is 0 Å². The van der Waals surface area contributed by atoms with Crippen LogP contribution in [0.25, 0.3) is 0 Å². The van der Waals surface area contributed by atoms with E-state index in [1.807, 2.05) is 29.0 Å². The minimum atomic E-state index is -1.15. The van der Waals surface area contributed by atoms with Crippen LogP contribution in [0.15, 0.2) is 0 Å². The quantitative estimate of drug-likeness (QED) is 0.533. The maximum atomic E-state index is 9.98. The Morgan fingerprint density at radius 3 is 2.00 bits per heavy atom. The number of halogens is 1. The SMILES string of the molecule is CC[PH](=O)I.[Y]. The first-order valence-electron chi connectivity index (χ1n) is 1.45. The van der Waals surface area contributed by atoms with Crippen molar-refractivity contribution >= 4 is 27.5 Å². The molecule has 0 bridgehead atoms. The number of hydrogen-bond donors (Lipinski definition) is 0. The summed E-state index contributed by atoms with van der Waals surface area (Å²) in [7, 11) is 0.